The van der Waals surface area contributed by atoms with Crippen molar-refractivity contribution >= 4 is 16.7 Å². The van der Waals surface area contributed by atoms with Crippen LogP contribution in [-0.4, -0.2) is 9.36 Å². The Morgan fingerprint density at radius 3 is 2.71 bits per heavy atom. The van der Waals surface area contributed by atoms with Crippen molar-refractivity contribution in [3.8, 4) is 6.01 Å². The predicted octanol–water partition coefficient (Wildman–Crippen LogP) is 1.70. The molecule has 0 unspecified atom stereocenters. The predicted molar refractivity (Wildman–Crippen MR) is 55.1 cm³/mol. The van der Waals surface area contributed by atoms with E-state index >= 15 is 0 Å². The highest BCUT2D eigenvalue weighted by Crippen LogP contribution is 2.13. The highest BCUT2D eigenvalue weighted by atomic mass is 32.1. The second-order valence-corrected chi connectivity index (χ2v) is 3.47. The maximum Gasteiger partial charge on any atom is 0.330 e. The van der Waals surface area contributed by atoms with Crippen molar-refractivity contribution in [1.29, 1.82) is 0 Å². The molecule has 0 bridgehead atoms. The Morgan fingerprint density at radius 2 is 2.07 bits per heavy atom. The number of nitrogens with zero attached hydrogens (tertiary/aromatic N) is 2. The second kappa shape index (κ2) is 4.06. The maximum atomic E-state index is 5.41. The zero-order valence-corrected chi connectivity index (χ0v) is 8.20. The van der Waals surface area contributed by atoms with Crippen LogP contribution < -0.4 is 10.5 Å². The van der Waals surface area contributed by atoms with E-state index in [0.29, 0.717) is 17.7 Å². The van der Waals surface area contributed by atoms with Gasteiger partial charge in [0.2, 0.25) is 5.13 Å². The van der Waals surface area contributed by atoms with Crippen molar-refractivity contribution in [3.05, 3.63) is 35.9 Å². The van der Waals surface area contributed by atoms with Gasteiger partial charge in [0, 0.05) is 11.5 Å². The number of anilines is 1. The number of hydrogen-bond donors (Lipinski definition) is 1. The molecule has 0 aliphatic heterocycles. The number of nitrogen functional groups attached to an aromatic ring is 1. The highest BCUT2D eigenvalue weighted by molar-refractivity contribution is 7.09. The van der Waals surface area contributed by atoms with Gasteiger partial charge in [-0.15, -0.1) is 4.37 Å². The van der Waals surface area contributed by atoms with E-state index < -0.39 is 0 Å². The summed E-state index contributed by atoms with van der Waals surface area (Å²) >= 11 is 1.13. The monoisotopic (exact) mass is 207 g/mol. The van der Waals surface area contributed by atoms with E-state index in [-0.39, 0.29) is 0 Å². The van der Waals surface area contributed by atoms with E-state index in [0.717, 1.165) is 17.1 Å². The average molecular weight is 207 g/mol. The quantitative estimate of drug-likeness (QED) is 0.832. The molecular weight excluding hydrogens is 198 g/mol. The van der Waals surface area contributed by atoms with Crippen LogP contribution in [0.2, 0.25) is 0 Å². The molecule has 5 heteroatoms. The van der Waals surface area contributed by atoms with E-state index in [1.54, 1.807) is 0 Å². The Labute approximate surface area is 85.5 Å². The van der Waals surface area contributed by atoms with E-state index in [4.69, 9.17) is 10.5 Å². The van der Waals surface area contributed by atoms with Crippen LogP contribution >= 0.6 is 11.5 Å². The fourth-order valence-electron chi connectivity index (χ4n) is 1.00. The largest absolute Gasteiger partial charge is 0.458 e. The molecule has 72 valence electrons. The van der Waals surface area contributed by atoms with Gasteiger partial charge in [0.15, 0.2) is 0 Å². The summed E-state index contributed by atoms with van der Waals surface area (Å²) < 4.78 is 9.24. The summed E-state index contributed by atoms with van der Waals surface area (Å²) in [6.45, 7) is 0.469. The fourth-order valence-corrected chi connectivity index (χ4v) is 1.39. The number of hydrogen-bond acceptors (Lipinski definition) is 5. The Kier molecular flexibility index (Phi) is 2.60. The highest BCUT2D eigenvalue weighted by Gasteiger charge is 2.01. The Balaban J connectivity index is 1.95. The molecule has 2 N–H and O–H groups in total. The summed E-state index contributed by atoms with van der Waals surface area (Å²) in [7, 11) is 0. The topological polar surface area (TPSA) is 61.0 Å². The Hall–Kier alpha value is -1.62. The van der Waals surface area contributed by atoms with Crippen LogP contribution in [0.3, 0.4) is 0 Å². The Bertz CT molecular complexity index is 401. The zero-order valence-electron chi connectivity index (χ0n) is 7.38. The van der Waals surface area contributed by atoms with Crippen molar-refractivity contribution < 1.29 is 4.74 Å². The van der Waals surface area contributed by atoms with Gasteiger partial charge < -0.3 is 10.5 Å². The van der Waals surface area contributed by atoms with Crippen molar-refractivity contribution in [2.75, 3.05) is 5.73 Å². The molecule has 0 spiro atoms. The molecule has 0 saturated carbocycles. The molecular formula is C9H9N3OS. The van der Waals surface area contributed by atoms with Crippen molar-refractivity contribution in [2.24, 2.45) is 0 Å². The first-order valence-corrected chi connectivity index (χ1v) is 4.88. The SMILES string of the molecule is Nc1nc(OCc2ccccc2)ns1. The first-order valence-electron chi connectivity index (χ1n) is 4.10. The summed E-state index contributed by atoms with van der Waals surface area (Å²) in [6, 6.07) is 10.2. The number of nitrogens with two attached hydrogens (primary N) is 1. The third-order valence-electron chi connectivity index (χ3n) is 1.63. The minimum Gasteiger partial charge on any atom is -0.458 e. The van der Waals surface area contributed by atoms with Gasteiger partial charge in [-0.1, -0.05) is 30.3 Å². The average Bonchev–Trinajstić information content (AvgIpc) is 2.63. The number of benzene rings is 1. The summed E-state index contributed by atoms with van der Waals surface area (Å²) in [5, 5.41) is 0.424. The molecule has 0 saturated heterocycles. The lowest BCUT2D eigenvalue weighted by atomic mass is 10.2. The number of aromatic nitrogens is 2. The smallest absolute Gasteiger partial charge is 0.330 e. The molecule has 0 fully saturated rings. The normalized spacial score (nSPS) is 10.0. The standard InChI is InChI=1S/C9H9N3OS/c10-8-11-9(12-14-8)13-6-7-4-2-1-3-5-7/h1-5H,6H2,(H2,10,11,12). The number of ether oxygens (including phenoxy) is 1. The summed E-state index contributed by atoms with van der Waals surface area (Å²) in [4.78, 5) is 3.89. The molecule has 2 aromatic rings. The van der Waals surface area contributed by atoms with Crippen LogP contribution in [0, 0.1) is 0 Å². The minimum atomic E-state index is 0.344. The van der Waals surface area contributed by atoms with Crippen LogP contribution in [0.4, 0.5) is 5.13 Å². The first-order chi connectivity index (χ1) is 6.84. The molecule has 1 aromatic carbocycles. The van der Waals surface area contributed by atoms with E-state index in [9.17, 15) is 0 Å². The Morgan fingerprint density at radius 1 is 1.29 bits per heavy atom. The summed E-state index contributed by atoms with van der Waals surface area (Å²) in [5.41, 5.74) is 6.50. The zero-order chi connectivity index (χ0) is 9.80. The van der Waals surface area contributed by atoms with Gasteiger partial charge >= 0.3 is 6.01 Å². The van der Waals surface area contributed by atoms with E-state index in [1.165, 1.54) is 0 Å². The van der Waals surface area contributed by atoms with Crippen LogP contribution in [0.25, 0.3) is 0 Å². The van der Waals surface area contributed by atoms with E-state index in [2.05, 4.69) is 9.36 Å². The van der Waals surface area contributed by atoms with Gasteiger partial charge in [0.1, 0.15) is 6.61 Å². The lowest BCUT2D eigenvalue weighted by Gasteiger charge is -2.00. The lowest BCUT2D eigenvalue weighted by Crippen LogP contribution is -1.96. The van der Waals surface area contributed by atoms with Crippen molar-refractivity contribution in [1.82, 2.24) is 9.36 Å². The molecule has 0 aliphatic rings. The van der Waals surface area contributed by atoms with Crippen LogP contribution in [0.5, 0.6) is 6.01 Å². The van der Waals surface area contributed by atoms with Gasteiger partial charge in [0.25, 0.3) is 0 Å². The van der Waals surface area contributed by atoms with Gasteiger partial charge in [-0.2, -0.15) is 4.98 Å². The second-order valence-electron chi connectivity index (χ2n) is 2.69. The molecule has 2 rings (SSSR count). The van der Waals surface area contributed by atoms with Gasteiger partial charge in [0.05, 0.1) is 0 Å². The molecule has 1 aromatic heterocycles. The minimum absolute atomic E-state index is 0.344. The fraction of sp³-hybridized carbons (Fsp3) is 0.111. The summed E-state index contributed by atoms with van der Waals surface area (Å²) in [6.07, 6.45) is 0. The van der Waals surface area contributed by atoms with Crippen molar-refractivity contribution in [3.63, 3.8) is 0 Å². The third kappa shape index (κ3) is 2.20. The first kappa shape index (κ1) is 8.96. The van der Waals surface area contributed by atoms with Crippen molar-refractivity contribution in [2.45, 2.75) is 6.61 Å². The van der Waals surface area contributed by atoms with Crippen LogP contribution in [0.1, 0.15) is 5.56 Å². The maximum absolute atomic E-state index is 5.41. The van der Waals surface area contributed by atoms with Crippen LogP contribution in [0.15, 0.2) is 30.3 Å². The molecule has 0 atom stereocenters. The lowest BCUT2D eigenvalue weighted by molar-refractivity contribution is 0.285. The van der Waals surface area contributed by atoms with E-state index in [1.807, 2.05) is 30.3 Å². The molecule has 0 amide bonds. The van der Waals surface area contributed by atoms with Gasteiger partial charge in [-0.05, 0) is 5.56 Å². The molecule has 0 aliphatic carbocycles. The molecule has 14 heavy (non-hydrogen) atoms. The molecule has 4 nitrogen and oxygen atoms in total. The molecule has 0 radical (unpaired) electrons. The summed E-state index contributed by atoms with van der Waals surface area (Å²) in [5.74, 6) is 0. The van der Waals surface area contributed by atoms with Gasteiger partial charge in [-0.25, -0.2) is 0 Å². The molecule has 1 heterocycles. The third-order valence-corrected chi connectivity index (χ3v) is 2.16. The van der Waals surface area contributed by atoms with Gasteiger partial charge in [-0.3, -0.25) is 0 Å². The van der Waals surface area contributed by atoms with Crippen LogP contribution in [-0.2, 0) is 6.61 Å². The number of rotatable bonds is 3.